The maximum atomic E-state index is 12.3. The number of para-hydroxylation sites is 1. The number of hydrogen-bond donors (Lipinski definition) is 1. The van der Waals surface area contributed by atoms with Gasteiger partial charge < -0.3 is 14.5 Å². The average Bonchev–Trinajstić information content (AvgIpc) is 2.62. The van der Waals surface area contributed by atoms with Crippen molar-refractivity contribution in [2.75, 3.05) is 5.32 Å². The number of ether oxygens (including phenoxy) is 1. The Morgan fingerprint density at radius 3 is 2.65 bits per heavy atom. The van der Waals surface area contributed by atoms with E-state index < -0.39 is 6.10 Å². The number of hydrogen-bond acceptors (Lipinski definition) is 4. The molecule has 1 heterocycles. The standard InChI is InChI=1S/C21H21NO4/c1-3-7-15-12-20(23)26-19-13-17(10-11-18(15)19)25-14(2)21(24)22-16-8-5-4-6-9-16/h4-6,8-14H,3,7H2,1-2H3,(H,22,24). The van der Waals surface area contributed by atoms with Crippen LogP contribution < -0.4 is 15.7 Å². The molecule has 2 aromatic carbocycles. The number of rotatable bonds is 6. The summed E-state index contributed by atoms with van der Waals surface area (Å²) in [6.07, 6.45) is 1.05. The summed E-state index contributed by atoms with van der Waals surface area (Å²) < 4.78 is 11.0. The zero-order chi connectivity index (χ0) is 18.5. The lowest BCUT2D eigenvalue weighted by molar-refractivity contribution is -0.122. The van der Waals surface area contributed by atoms with Gasteiger partial charge in [-0.1, -0.05) is 31.5 Å². The van der Waals surface area contributed by atoms with E-state index in [0.717, 1.165) is 23.8 Å². The van der Waals surface area contributed by atoms with Crippen molar-refractivity contribution in [2.24, 2.45) is 0 Å². The van der Waals surface area contributed by atoms with Crippen molar-refractivity contribution in [1.29, 1.82) is 0 Å². The van der Waals surface area contributed by atoms with E-state index in [1.54, 1.807) is 19.1 Å². The fraction of sp³-hybridized carbons (Fsp3) is 0.238. The SMILES string of the molecule is CCCc1cc(=O)oc2cc(OC(C)C(=O)Nc3ccccc3)ccc12. The van der Waals surface area contributed by atoms with Gasteiger partial charge in [-0.2, -0.15) is 0 Å². The molecule has 0 spiro atoms. The molecular weight excluding hydrogens is 330 g/mol. The van der Waals surface area contributed by atoms with Crippen molar-refractivity contribution in [3.63, 3.8) is 0 Å². The third-order valence-corrected chi connectivity index (χ3v) is 4.04. The molecule has 1 unspecified atom stereocenters. The highest BCUT2D eigenvalue weighted by atomic mass is 16.5. The van der Waals surface area contributed by atoms with Gasteiger partial charge in [-0.15, -0.1) is 0 Å². The molecule has 0 bridgehead atoms. The van der Waals surface area contributed by atoms with Gasteiger partial charge in [-0.25, -0.2) is 4.79 Å². The fourth-order valence-electron chi connectivity index (χ4n) is 2.78. The van der Waals surface area contributed by atoms with E-state index >= 15 is 0 Å². The first kappa shape index (κ1) is 17.7. The Morgan fingerprint density at radius 2 is 1.92 bits per heavy atom. The fourth-order valence-corrected chi connectivity index (χ4v) is 2.78. The van der Waals surface area contributed by atoms with Gasteiger partial charge in [0.25, 0.3) is 5.91 Å². The van der Waals surface area contributed by atoms with Gasteiger partial charge in [0.15, 0.2) is 6.10 Å². The van der Waals surface area contributed by atoms with E-state index in [0.29, 0.717) is 17.0 Å². The van der Waals surface area contributed by atoms with Crippen molar-refractivity contribution in [3.05, 3.63) is 70.6 Å². The second-order valence-electron chi connectivity index (χ2n) is 6.11. The molecule has 1 amide bonds. The Labute approximate surface area is 151 Å². The minimum atomic E-state index is -0.696. The summed E-state index contributed by atoms with van der Waals surface area (Å²) in [4.78, 5) is 24.0. The molecule has 0 saturated carbocycles. The molecule has 3 rings (SSSR count). The first-order valence-corrected chi connectivity index (χ1v) is 8.66. The molecule has 0 aliphatic heterocycles. The van der Waals surface area contributed by atoms with Crippen LogP contribution in [0.25, 0.3) is 11.0 Å². The highest BCUT2D eigenvalue weighted by molar-refractivity contribution is 5.94. The summed E-state index contributed by atoms with van der Waals surface area (Å²) >= 11 is 0. The van der Waals surface area contributed by atoms with Crippen LogP contribution in [-0.4, -0.2) is 12.0 Å². The Morgan fingerprint density at radius 1 is 1.15 bits per heavy atom. The maximum Gasteiger partial charge on any atom is 0.336 e. The van der Waals surface area contributed by atoms with Crippen LogP contribution in [0, 0.1) is 0 Å². The molecule has 0 radical (unpaired) electrons. The van der Waals surface area contributed by atoms with Crippen molar-refractivity contribution < 1.29 is 13.9 Å². The van der Waals surface area contributed by atoms with Crippen molar-refractivity contribution in [3.8, 4) is 5.75 Å². The molecule has 134 valence electrons. The van der Waals surface area contributed by atoms with Crippen molar-refractivity contribution >= 4 is 22.6 Å². The number of benzene rings is 2. The zero-order valence-corrected chi connectivity index (χ0v) is 14.8. The van der Waals surface area contributed by atoms with Crippen molar-refractivity contribution in [1.82, 2.24) is 0 Å². The first-order valence-electron chi connectivity index (χ1n) is 8.66. The van der Waals surface area contributed by atoms with E-state index in [-0.39, 0.29) is 11.5 Å². The van der Waals surface area contributed by atoms with E-state index in [1.807, 2.05) is 36.4 Å². The molecule has 0 saturated heterocycles. The van der Waals surface area contributed by atoms with Gasteiger partial charge in [-0.3, -0.25) is 4.79 Å². The normalized spacial score (nSPS) is 11.9. The van der Waals surface area contributed by atoms with Gasteiger partial charge in [0.05, 0.1) is 0 Å². The number of carbonyl (C=O) groups excluding carboxylic acids is 1. The van der Waals surface area contributed by atoms with Gasteiger partial charge in [0.1, 0.15) is 11.3 Å². The third kappa shape index (κ3) is 4.11. The van der Waals surface area contributed by atoms with Crippen LogP contribution in [0.4, 0.5) is 5.69 Å². The van der Waals surface area contributed by atoms with E-state index in [9.17, 15) is 9.59 Å². The van der Waals surface area contributed by atoms with E-state index in [1.165, 1.54) is 6.07 Å². The van der Waals surface area contributed by atoms with Crippen molar-refractivity contribution in [2.45, 2.75) is 32.8 Å². The summed E-state index contributed by atoms with van der Waals surface area (Å²) in [5.41, 5.74) is 1.75. The smallest absolute Gasteiger partial charge is 0.336 e. The van der Waals surface area contributed by atoms with Crippen LogP contribution in [0.5, 0.6) is 5.75 Å². The number of nitrogens with one attached hydrogen (secondary N) is 1. The molecule has 1 aromatic heterocycles. The number of carbonyl (C=O) groups is 1. The average molecular weight is 351 g/mol. The summed E-state index contributed by atoms with van der Waals surface area (Å²) in [5.74, 6) is 0.225. The Balaban J connectivity index is 1.78. The molecule has 5 heteroatoms. The van der Waals surface area contributed by atoms with Crippen LogP contribution in [0.3, 0.4) is 0 Å². The van der Waals surface area contributed by atoms with Crippen LogP contribution >= 0.6 is 0 Å². The predicted molar refractivity (Wildman–Crippen MR) is 102 cm³/mol. The number of fused-ring (bicyclic) bond motifs is 1. The Bertz CT molecular complexity index is 963. The summed E-state index contributed by atoms with van der Waals surface area (Å²) in [6.45, 7) is 3.73. The highest BCUT2D eigenvalue weighted by Gasteiger charge is 2.16. The molecule has 3 aromatic rings. The summed E-state index contributed by atoms with van der Waals surface area (Å²) in [5, 5.41) is 3.69. The minimum Gasteiger partial charge on any atom is -0.481 e. The molecule has 1 N–H and O–H groups in total. The number of anilines is 1. The quantitative estimate of drug-likeness (QED) is 0.677. The molecular formula is C21H21NO4. The second-order valence-corrected chi connectivity index (χ2v) is 6.11. The molecule has 5 nitrogen and oxygen atoms in total. The lowest BCUT2D eigenvalue weighted by Crippen LogP contribution is -2.30. The van der Waals surface area contributed by atoms with Gasteiger partial charge >= 0.3 is 5.63 Å². The van der Waals surface area contributed by atoms with E-state index in [2.05, 4.69) is 12.2 Å². The van der Waals surface area contributed by atoms with E-state index in [4.69, 9.17) is 9.15 Å². The van der Waals surface area contributed by atoms with Crippen LogP contribution in [0.15, 0.2) is 63.8 Å². The van der Waals surface area contributed by atoms with Crippen LogP contribution in [0.2, 0.25) is 0 Å². The topological polar surface area (TPSA) is 68.5 Å². The Hall–Kier alpha value is -3.08. The monoisotopic (exact) mass is 351 g/mol. The second kappa shape index (κ2) is 7.87. The predicted octanol–water partition coefficient (Wildman–Crippen LogP) is 4.15. The molecule has 0 aliphatic carbocycles. The first-order chi connectivity index (χ1) is 12.6. The summed E-state index contributed by atoms with van der Waals surface area (Å²) in [7, 11) is 0. The number of amides is 1. The maximum absolute atomic E-state index is 12.3. The van der Waals surface area contributed by atoms with Gasteiger partial charge in [0.2, 0.25) is 0 Å². The molecule has 1 atom stereocenters. The molecule has 26 heavy (non-hydrogen) atoms. The van der Waals surface area contributed by atoms with Gasteiger partial charge in [0, 0.05) is 23.2 Å². The lowest BCUT2D eigenvalue weighted by atomic mass is 10.1. The minimum absolute atomic E-state index is 0.252. The largest absolute Gasteiger partial charge is 0.481 e. The lowest BCUT2D eigenvalue weighted by Gasteiger charge is -2.15. The van der Waals surface area contributed by atoms with Gasteiger partial charge in [-0.05, 0) is 43.2 Å². The highest BCUT2D eigenvalue weighted by Crippen LogP contribution is 2.24. The zero-order valence-electron chi connectivity index (χ0n) is 14.8. The number of aryl methyl sites for hydroxylation is 1. The summed E-state index contributed by atoms with van der Waals surface area (Å²) in [6, 6.07) is 16.0. The third-order valence-electron chi connectivity index (χ3n) is 4.04. The van der Waals surface area contributed by atoms with Crippen LogP contribution in [-0.2, 0) is 11.2 Å². The molecule has 0 aliphatic rings. The van der Waals surface area contributed by atoms with Crippen LogP contribution in [0.1, 0.15) is 25.8 Å². The Kier molecular flexibility index (Phi) is 5.37. The molecule has 0 fully saturated rings.